The maximum Gasteiger partial charge on any atom is 0.251 e. The number of ether oxygens (including phenoxy) is 1. The molecule has 2 aromatic rings. The van der Waals surface area contributed by atoms with Crippen LogP contribution in [-0.2, 0) is 6.61 Å². The third kappa shape index (κ3) is 5.83. The predicted molar refractivity (Wildman–Crippen MR) is 116 cm³/mol. The Morgan fingerprint density at radius 1 is 0.931 bits per heavy atom. The van der Waals surface area contributed by atoms with E-state index < -0.39 is 0 Å². The SMILES string of the molecule is O=C(NC1CCN(CC2CCCC2)CC1)c1ccc(COc2ccccc2)cc1. The van der Waals surface area contributed by atoms with Crippen molar-refractivity contribution in [1.29, 1.82) is 0 Å². The largest absolute Gasteiger partial charge is 0.489 e. The number of rotatable bonds is 7. The number of nitrogens with zero attached hydrogens (tertiary/aromatic N) is 1. The molecule has 0 unspecified atom stereocenters. The quantitative estimate of drug-likeness (QED) is 0.746. The first-order valence-corrected chi connectivity index (χ1v) is 11.1. The smallest absolute Gasteiger partial charge is 0.251 e. The number of para-hydroxylation sites is 1. The molecule has 2 aliphatic rings. The number of likely N-dealkylation sites (tertiary alicyclic amines) is 1. The number of carbonyl (C=O) groups excluding carboxylic acids is 1. The molecule has 0 radical (unpaired) electrons. The number of benzene rings is 2. The van der Waals surface area contributed by atoms with Crippen molar-refractivity contribution in [2.75, 3.05) is 19.6 Å². The molecule has 154 valence electrons. The molecule has 1 aliphatic carbocycles. The summed E-state index contributed by atoms with van der Waals surface area (Å²) in [5, 5.41) is 3.23. The maximum atomic E-state index is 12.6. The number of hydrogen-bond donors (Lipinski definition) is 1. The molecule has 1 N–H and O–H groups in total. The normalized spacial score (nSPS) is 18.6. The topological polar surface area (TPSA) is 41.6 Å². The van der Waals surface area contributed by atoms with E-state index in [-0.39, 0.29) is 5.91 Å². The van der Waals surface area contributed by atoms with Gasteiger partial charge in [-0.3, -0.25) is 4.79 Å². The van der Waals surface area contributed by atoms with Gasteiger partial charge in [0, 0.05) is 31.2 Å². The first-order chi connectivity index (χ1) is 14.3. The van der Waals surface area contributed by atoms with E-state index in [1.54, 1.807) is 0 Å². The van der Waals surface area contributed by atoms with Gasteiger partial charge in [0.2, 0.25) is 0 Å². The third-order valence-electron chi connectivity index (χ3n) is 6.28. The van der Waals surface area contributed by atoms with E-state index in [1.165, 1.54) is 32.2 Å². The lowest BCUT2D eigenvalue weighted by molar-refractivity contribution is 0.0905. The number of hydrogen-bond acceptors (Lipinski definition) is 3. The minimum absolute atomic E-state index is 0.0368. The fourth-order valence-corrected chi connectivity index (χ4v) is 4.52. The van der Waals surface area contributed by atoms with E-state index in [0.29, 0.717) is 12.6 Å². The van der Waals surface area contributed by atoms with E-state index in [0.717, 1.165) is 48.7 Å². The van der Waals surface area contributed by atoms with Crippen LogP contribution in [0.3, 0.4) is 0 Å². The Kier molecular flexibility index (Phi) is 6.83. The summed E-state index contributed by atoms with van der Waals surface area (Å²) in [6.45, 7) is 3.98. The van der Waals surface area contributed by atoms with E-state index in [9.17, 15) is 4.79 Å². The number of carbonyl (C=O) groups is 1. The second-order valence-corrected chi connectivity index (χ2v) is 8.50. The van der Waals surface area contributed by atoms with Crippen molar-refractivity contribution in [3.63, 3.8) is 0 Å². The first-order valence-electron chi connectivity index (χ1n) is 11.1. The molecule has 0 bridgehead atoms. The van der Waals surface area contributed by atoms with Crippen LogP contribution in [0.5, 0.6) is 5.75 Å². The summed E-state index contributed by atoms with van der Waals surface area (Å²) in [7, 11) is 0. The molecule has 4 heteroatoms. The number of amides is 1. The van der Waals surface area contributed by atoms with E-state index in [4.69, 9.17) is 4.74 Å². The highest BCUT2D eigenvalue weighted by Crippen LogP contribution is 2.26. The van der Waals surface area contributed by atoms with Gasteiger partial charge in [-0.2, -0.15) is 0 Å². The molecule has 2 fully saturated rings. The Bertz CT molecular complexity index is 761. The lowest BCUT2D eigenvalue weighted by Gasteiger charge is -2.33. The second kappa shape index (κ2) is 9.93. The van der Waals surface area contributed by atoms with Crippen molar-refractivity contribution in [3.8, 4) is 5.75 Å². The van der Waals surface area contributed by atoms with E-state index in [2.05, 4.69) is 10.2 Å². The molecule has 1 saturated carbocycles. The van der Waals surface area contributed by atoms with Crippen LogP contribution in [0.2, 0.25) is 0 Å². The second-order valence-electron chi connectivity index (χ2n) is 8.50. The number of piperidine rings is 1. The molecule has 4 nitrogen and oxygen atoms in total. The highest BCUT2D eigenvalue weighted by molar-refractivity contribution is 5.94. The van der Waals surface area contributed by atoms with Crippen molar-refractivity contribution in [2.45, 2.75) is 51.2 Å². The molecule has 1 aliphatic heterocycles. The standard InChI is InChI=1S/C25H32N2O2/c28-25(26-23-14-16-27(17-15-23)18-20-6-4-5-7-20)22-12-10-21(11-13-22)19-29-24-8-2-1-3-9-24/h1-3,8-13,20,23H,4-7,14-19H2,(H,26,28). The van der Waals surface area contributed by atoms with E-state index >= 15 is 0 Å². The minimum Gasteiger partial charge on any atom is -0.489 e. The summed E-state index contributed by atoms with van der Waals surface area (Å²) in [4.78, 5) is 15.2. The molecular weight excluding hydrogens is 360 g/mol. The summed E-state index contributed by atoms with van der Waals surface area (Å²) in [6.07, 6.45) is 7.75. The number of nitrogens with one attached hydrogen (secondary N) is 1. The third-order valence-corrected chi connectivity index (χ3v) is 6.28. The summed E-state index contributed by atoms with van der Waals surface area (Å²) in [5.74, 6) is 1.80. The Morgan fingerprint density at radius 2 is 1.62 bits per heavy atom. The summed E-state index contributed by atoms with van der Waals surface area (Å²) in [6, 6.07) is 17.8. The van der Waals surface area contributed by atoms with Crippen LogP contribution in [0, 0.1) is 5.92 Å². The Labute approximate surface area is 174 Å². The van der Waals surface area contributed by atoms with Crippen LogP contribution in [0.25, 0.3) is 0 Å². The zero-order valence-electron chi connectivity index (χ0n) is 17.2. The maximum absolute atomic E-state index is 12.6. The van der Waals surface area contributed by atoms with Gasteiger partial charge >= 0.3 is 0 Å². The first kappa shape index (κ1) is 20.0. The average Bonchev–Trinajstić information content (AvgIpc) is 3.28. The molecule has 0 aromatic heterocycles. The predicted octanol–water partition coefficient (Wildman–Crippen LogP) is 4.65. The highest BCUT2D eigenvalue weighted by atomic mass is 16.5. The molecule has 0 atom stereocenters. The summed E-state index contributed by atoms with van der Waals surface area (Å²) in [5.41, 5.74) is 1.78. The molecule has 4 rings (SSSR count). The summed E-state index contributed by atoms with van der Waals surface area (Å²) < 4.78 is 5.77. The molecule has 29 heavy (non-hydrogen) atoms. The van der Waals surface area contributed by atoms with E-state index in [1.807, 2.05) is 54.6 Å². The van der Waals surface area contributed by atoms with Gasteiger partial charge in [0.05, 0.1) is 0 Å². The Hall–Kier alpha value is -2.33. The van der Waals surface area contributed by atoms with Crippen molar-refractivity contribution >= 4 is 5.91 Å². The molecule has 1 saturated heterocycles. The zero-order chi connectivity index (χ0) is 19.9. The van der Waals surface area contributed by atoms with Crippen LogP contribution in [0.4, 0.5) is 0 Å². The van der Waals surface area contributed by atoms with Gasteiger partial charge in [-0.1, -0.05) is 43.2 Å². The lowest BCUT2D eigenvalue weighted by atomic mass is 10.0. The van der Waals surface area contributed by atoms with Crippen LogP contribution in [0.15, 0.2) is 54.6 Å². The van der Waals surface area contributed by atoms with Crippen LogP contribution >= 0.6 is 0 Å². The minimum atomic E-state index is 0.0368. The van der Waals surface area contributed by atoms with Crippen molar-refractivity contribution in [3.05, 3.63) is 65.7 Å². The molecule has 0 spiro atoms. The van der Waals surface area contributed by atoms with Crippen molar-refractivity contribution in [1.82, 2.24) is 10.2 Å². The Morgan fingerprint density at radius 3 is 2.31 bits per heavy atom. The van der Waals surface area contributed by atoms with Gasteiger partial charge in [0.25, 0.3) is 5.91 Å². The van der Waals surface area contributed by atoms with Gasteiger partial charge < -0.3 is 15.0 Å². The zero-order valence-corrected chi connectivity index (χ0v) is 17.2. The van der Waals surface area contributed by atoms with Gasteiger partial charge in [0.15, 0.2) is 0 Å². The van der Waals surface area contributed by atoms with Gasteiger partial charge in [-0.25, -0.2) is 0 Å². The fraction of sp³-hybridized carbons (Fsp3) is 0.480. The van der Waals surface area contributed by atoms with Crippen LogP contribution in [0.1, 0.15) is 54.4 Å². The van der Waals surface area contributed by atoms with Crippen molar-refractivity contribution < 1.29 is 9.53 Å². The lowest BCUT2D eigenvalue weighted by Crippen LogP contribution is -2.45. The summed E-state index contributed by atoms with van der Waals surface area (Å²) >= 11 is 0. The van der Waals surface area contributed by atoms with Gasteiger partial charge in [-0.15, -0.1) is 0 Å². The molecule has 1 heterocycles. The van der Waals surface area contributed by atoms with Crippen LogP contribution in [-0.4, -0.2) is 36.5 Å². The van der Waals surface area contributed by atoms with Crippen LogP contribution < -0.4 is 10.1 Å². The molecule has 1 amide bonds. The van der Waals surface area contributed by atoms with Gasteiger partial charge in [-0.05, 0) is 61.4 Å². The average molecular weight is 393 g/mol. The van der Waals surface area contributed by atoms with Crippen molar-refractivity contribution in [2.24, 2.45) is 5.92 Å². The Balaban J connectivity index is 1.20. The molecular formula is C25H32N2O2. The van der Waals surface area contributed by atoms with Gasteiger partial charge in [0.1, 0.15) is 12.4 Å². The monoisotopic (exact) mass is 392 g/mol. The highest BCUT2D eigenvalue weighted by Gasteiger charge is 2.24. The molecule has 2 aromatic carbocycles. The fourth-order valence-electron chi connectivity index (χ4n) is 4.52.